The van der Waals surface area contributed by atoms with Crippen LogP contribution in [0.5, 0.6) is 0 Å². The van der Waals surface area contributed by atoms with Crippen molar-refractivity contribution in [1.82, 2.24) is 30.4 Å². The molecule has 160 valence electrons. The quantitative estimate of drug-likeness (QED) is 0.455. The maximum Gasteiger partial charge on any atom is 0.271 e. The Labute approximate surface area is 183 Å². The van der Waals surface area contributed by atoms with Gasteiger partial charge in [0.15, 0.2) is 5.82 Å². The number of aromatic amines is 1. The summed E-state index contributed by atoms with van der Waals surface area (Å²) >= 11 is 1.39. The maximum atomic E-state index is 12.2. The first-order chi connectivity index (χ1) is 15.2. The zero-order chi connectivity index (χ0) is 21.5. The van der Waals surface area contributed by atoms with E-state index in [2.05, 4.69) is 41.8 Å². The van der Waals surface area contributed by atoms with Gasteiger partial charge in [-0.05, 0) is 25.1 Å². The van der Waals surface area contributed by atoms with Gasteiger partial charge in [-0.2, -0.15) is 10.4 Å². The SMILES string of the molecule is N#Cc1ccc(-c2cc(Nc3cnc(C(=O)NCCCN4CCOCC4)cn3)n[nH]2)s1. The molecule has 10 nitrogen and oxygen atoms in total. The van der Waals surface area contributed by atoms with Gasteiger partial charge in [0, 0.05) is 25.7 Å². The molecule has 0 unspecified atom stereocenters. The van der Waals surface area contributed by atoms with Gasteiger partial charge in [0.05, 0.1) is 36.2 Å². The number of thiophene rings is 1. The maximum absolute atomic E-state index is 12.2. The van der Waals surface area contributed by atoms with Crippen molar-refractivity contribution in [3.05, 3.63) is 41.2 Å². The smallest absolute Gasteiger partial charge is 0.271 e. The third-order valence-electron chi connectivity index (χ3n) is 4.74. The van der Waals surface area contributed by atoms with Gasteiger partial charge in [0.25, 0.3) is 5.91 Å². The highest BCUT2D eigenvalue weighted by Gasteiger charge is 2.12. The molecule has 1 aliphatic heterocycles. The van der Waals surface area contributed by atoms with Crippen LogP contribution in [0.3, 0.4) is 0 Å². The van der Waals surface area contributed by atoms with Crippen LogP contribution in [-0.2, 0) is 4.74 Å². The molecule has 0 radical (unpaired) electrons. The van der Waals surface area contributed by atoms with E-state index in [1.807, 2.05) is 12.1 Å². The van der Waals surface area contributed by atoms with Gasteiger partial charge in [0.1, 0.15) is 22.5 Å². The van der Waals surface area contributed by atoms with Crippen LogP contribution < -0.4 is 10.6 Å². The van der Waals surface area contributed by atoms with Gasteiger partial charge in [-0.1, -0.05) is 0 Å². The van der Waals surface area contributed by atoms with Crippen molar-refractivity contribution in [2.24, 2.45) is 0 Å². The number of aromatic nitrogens is 4. The van der Waals surface area contributed by atoms with Gasteiger partial charge in [-0.15, -0.1) is 11.3 Å². The molecular weight excluding hydrogens is 416 g/mol. The number of morpholine rings is 1. The molecule has 3 N–H and O–H groups in total. The van der Waals surface area contributed by atoms with Gasteiger partial charge in [-0.25, -0.2) is 9.97 Å². The number of ether oxygens (including phenoxy) is 1. The van der Waals surface area contributed by atoms with E-state index < -0.39 is 0 Å². The van der Waals surface area contributed by atoms with E-state index in [1.165, 1.54) is 23.7 Å². The molecule has 0 aromatic carbocycles. The van der Waals surface area contributed by atoms with E-state index in [1.54, 1.807) is 6.07 Å². The highest BCUT2D eigenvalue weighted by atomic mass is 32.1. The number of nitriles is 1. The number of anilines is 2. The van der Waals surface area contributed by atoms with Crippen molar-refractivity contribution in [1.29, 1.82) is 5.26 Å². The second kappa shape index (κ2) is 10.1. The summed E-state index contributed by atoms with van der Waals surface area (Å²) in [6.07, 6.45) is 3.81. The molecule has 0 bridgehead atoms. The summed E-state index contributed by atoms with van der Waals surface area (Å²) in [6, 6.07) is 7.58. The standard InChI is InChI=1S/C20H22N8O2S/c21-11-14-2-3-17(31-14)15-10-18(27-26-15)25-19-13-23-16(12-24-19)20(29)22-4-1-5-28-6-8-30-9-7-28/h2-3,10,12-13H,1,4-9H2,(H,22,29)(H2,24,25,26,27). The monoisotopic (exact) mass is 438 g/mol. The summed E-state index contributed by atoms with van der Waals surface area (Å²) in [5.74, 6) is 0.802. The first-order valence-corrected chi connectivity index (χ1v) is 10.8. The van der Waals surface area contributed by atoms with E-state index in [0.717, 1.165) is 49.8 Å². The molecule has 3 aromatic rings. The number of rotatable bonds is 8. The second-order valence-electron chi connectivity index (χ2n) is 6.92. The fourth-order valence-corrected chi connectivity index (χ4v) is 3.88. The number of carbonyl (C=O) groups excluding carboxylic acids is 1. The van der Waals surface area contributed by atoms with Crippen molar-refractivity contribution in [3.63, 3.8) is 0 Å². The van der Waals surface area contributed by atoms with Crippen LogP contribution in [0, 0.1) is 11.3 Å². The topological polar surface area (TPSA) is 132 Å². The summed E-state index contributed by atoms with van der Waals surface area (Å²) in [7, 11) is 0. The molecule has 1 amide bonds. The summed E-state index contributed by atoms with van der Waals surface area (Å²) < 4.78 is 5.33. The van der Waals surface area contributed by atoms with E-state index in [0.29, 0.717) is 23.1 Å². The minimum Gasteiger partial charge on any atom is -0.379 e. The van der Waals surface area contributed by atoms with E-state index in [9.17, 15) is 4.79 Å². The van der Waals surface area contributed by atoms with E-state index in [-0.39, 0.29) is 11.6 Å². The molecule has 0 spiro atoms. The van der Waals surface area contributed by atoms with Crippen molar-refractivity contribution < 1.29 is 9.53 Å². The molecule has 3 aromatic heterocycles. The van der Waals surface area contributed by atoms with Crippen molar-refractivity contribution in [2.45, 2.75) is 6.42 Å². The molecule has 31 heavy (non-hydrogen) atoms. The average molecular weight is 439 g/mol. The lowest BCUT2D eigenvalue weighted by Crippen LogP contribution is -2.38. The number of hydrogen-bond acceptors (Lipinski definition) is 9. The Morgan fingerprint density at radius 1 is 1.26 bits per heavy atom. The predicted molar refractivity (Wildman–Crippen MR) is 116 cm³/mol. The van der Waals surface area contributed by atoms with Crippen LogP contribution in [0.4, 0.5) is 11.6 Å². The van der Waals surface area contributed by atoms with Crippen LogP contribution in [0.25, 0.3) is 10.6 Å². The third-order valence-corrected chi connectivity index (χ3v) is 5.76. The summed E-state index contributed by atoms with van der Waals surface area (Å²) in [5, 5.41) is 22.0. The second-order valence-corrected chi connectivity index (χ2v) is 8.00. The fraction of sp³-hybridized carbons (Fsp3) is 0.350. The van der Waals surface area contributed by atoms with Crippen LogP contribution in [0.2, 0.25) is 0 Å². The van der Waals surface area contributed by atoms with Crippen LogP contribution in [0.1, 0.15) is 21.8 Å². The van der Waals surface area contributed by atoms with Crippen molar-refractivity contribution in [2.75, 3.05) is 44.7 Å². The molecule has 11 heteroatoms. The number of carbonyl (C=O) groups is 1. The minimum atomic E-state index is -0.242. The Morgan fingerprint density at radius 3 is 2.87 bits per heavy atom. The third kappa shape index (κ3) is 5.64. The first kappa shape index (κ1) is 20.9. The van der Waals surface area contributed by atoms with Crippen molar-refractivity contribution >= 4 is 28.9 Å². The van der Waals surface area contributed by atoms with Gasteiger partial charge in [0.2, 0.25) is 0 Å². The molecule has 0 aliphatic carbocycles. The lowest BCUT2D eigenvalue weighted by Gasteiger charge is -2.26. The Morgan fingerprint density at radius 2 is 2.13 bits per heavy atom. The minimum absolute atomic E-state index is 0.242. The Kier molecular flexibility index (Phi) is 6.83. The predicted octanol–water partition coefficient (Wildman–Crippen LogP) is 2.00. The molecular formula is C20H22N8O2S. The highest BCUT2D eigenvalue weighted by Crippen LogP contribution is 2.28. The summed E-state index contributed by atoms with van der Waals surface area (Å²) in [5.41, 5.74) is 1.07. The van der Waals surface area contributed by atoms with Gasteiger partial charge < -0.3 is 15.4 Å². The molecule has 1 saturated heterocycles. The fourth-order valence-electron chi connectivity index (χ4n) is 3.12. The number of nitrogens with zero attached hydrogens (tertiary/aromatic N) is 5. The Bertz CT molecular complexity index is 1050. The Balaban J connectivity index is 1.25. The molecule has 0 atom stereocenters. The zero-order valence-electron chi connectivity index (χ0n) is 16.8. The van der Waals surface area contributed by atoms with Crippen LogP contribution >= 0.6 is 11.3 Å². The van der Waals surface area contributed by atoms with Crippen molar-refractivity contribution in [3.8, 4) is 16.6 Å². The molecule has 0 saturated carbocycles. The Hall–Kier alpha value is -3.33. The molecule has 1 aliphatic rings. The van der Waals surface area contributed by atoms with Crippen LogP contribution in [-0.4, -0.2) is 70.4 Å². The zero-order valence-corrected chi connectivity index (χ0v) is 17.6. The summed E-state index contributed by atoms with van der Waals surface area (Å²) in [4.78, 5) is 24.6. The average Bonchev–Trinajstić information content (AvgIpc) is 3.47. The number of H-pyrrole nitrogens is 1. The first-order valence-electron chi connectivity index (χ1n) is 9.94. The van der Waals surface area contributed by atoms with E-state index >= 15 is 0 Å². The normalized spacial score (nSPS) is 14.2. The van der Waals surface area contributed by atoms with Gasteiger partial charge in [-0.3, -0.25) is 14.8 Å². The molecule has 1 fully saturated rings. The van der Waals surface area contributed by atoms with E-state index in [4.69, 9.17) is 10.00 Å². The van der Waals surface area contributed by atoms with Crippen LogP contribution in [0.15, 0.2) is 30.6 Å². The number of hydrogen-bond donors (Lipinski definition) is 3. The highest BCUT2D eigenvalue weighted by molar-refractivity contribution is 7.15. The summed E-state index contributed by atoms with van der Waals surface area (Å²) in [6.45, 7) is 4.96. The lowest BCUT2D eigenvalue weighted by molar-refractivity contribution is 0.0374. The number of amides is 1. The number of nitrogens with one attached hydrogen (secondary N) is 3. The lowest BCUT2D eigenvalue weighted by atomic mass is 10.3. The molecule has 4 rings (SSSR count). The largest absolute Gasteiger partial charge is 0.379 e. The molecule has 4 heterocycles. The van der Waals surface area contributed by atoms with Gasteiger partial charge >= 0.3 is 0 Å².